The Balaban J connectivity index is 1.93. The van der Waals surface area contributed by atoms with E-state index >= 15 is 0 Å². The molecule has 3 rings (SSSR count). The van der Waals surface area contributed by atoms with E-state index in [0.29, 0.717) is 18.4 Å². The lowest BCUT2D eigenvalue weighted by Gasteiger charge is -2.26. The molecule has 0 radical (unpaired) electrons. The summed E-state index contributed by atoms with van der Waals surface area (Å²) in [6, 6.07) is 6.70. The van der Waals surface area contributed by atoms with Crippen LogP contribution < -0.4 is 11.1 Å². The van der Waals surface area contributed by atoms with Crippen LogP contribution in [0.5, 0.6) is 0 Å². The monoisotopic (exact) mass is 259 g/mol. The zero-order valence-electron chi connectivity index (χ0n) is 11.4. The molecule has 1 saturated heterocycles. The molecule has 0 spiro atoms. The van der Waals surface area contributed by atoms with Crippen LogP contribution >= 0.6 is 0 Å². The number of nitrogens with one attached hydrogen (secondary N) is 1. The van der Waals surface area contributed by atoms with Crippen molar-refractivity contribution in [1.29, 1.82) is 0 Å². The van der Waals surface area contributed by atoms with Crippen LogP contribution in [-0.4, -0.2) is 30.9 Å². The van der Waals surface area contributed by atoms with E-state index in [-0.39, 0.29) is 5.91 Å². The van der Waals surface area contributed by atoms with Crippen LogP contribution in [0.3, 0.4) is 0 Å². The maximum absolute atomic E-state index is 11.5. The first-order chi connectivity index (χ1) is 9.19. The molecule has 1 fully saturated rings. The predicted molar refractivity (Wildman–Crippen MR) is 75.9 cm³/mol. The number of carbonyl (C=O) groups excluding carboxylic acids is 1. The lowest BCUT2D eigenvalue weighted by atomic mass is 9.90. The van der Waals surface area contributed by atoms with E-state index in [1.807, 2.05) is 12.1 Å². The van der Waals surface area contributed by atoms with Crippen LogP contribution in [0.2, 0.25) is 0 Å². The fraction of sp³-hybridized carbons (Fsp3) is 0.533. The van der Waals surface area contributed by atoms with Gasteiger partial charge in [-0.15, -0.1) is 0 Å². The van der Waals surface area contributed by atoms with Crippen molar-refractivity contribution in [1.82, 2.24) is 4.90 Å². The minimum Gasteiger partial charge on any atom is -0.330 e. The molecule has 1 aromatic rings. The van der Waals surface area contributed by atoms with Gasteiger partial charge in [-0.25, -0.2) is 0 Å². The highest BCUT2D eigenvalue weighted by Gasteiger charge is 2.32. The van der Waals surface area contributed by atoms with Crippen molar-refractivity contribution in [2.24, 2.45) is 11.7 Å². The molecule has 1 aromatic carbocycles. The second-order valence-electron chi connectivity index (χ2n) is 5.71. The number of likely N-dealkylation sites (tertiary alicyclic amines) is 1. The number of hydrogen-bond donors (Lipinski definition) is 2. The number of benzene rings is 1. The van der Waals surface area contributed by atoms with Gasteiger partial charge in [-0.3, -0.25) is 9.69 Å². The second kappa shape index (κ2) is 4.94. The van der Waals surface area contributed by atoms with Crippen molar-refractivity contribution in [2.45, 2.75) is 25.3 Å². The van der Waals surface area contributed by atoms with Gasteiger partial charge in [-0.05, 0) is 49.5 Å². The Kier molecular flexibility index (Phi) is 3.29. The molecule has 0 bridgehead atoms. The van der Waals surface area contributed by atoms with E-state index in [4.69, 9.17) is 5.73 Å². The quantitative estimate of drug-likeness (QED) is 0.846. The van der Waals surface area contributed by atoms with Gasteiger partial charge in [0, 0.05) is 24.7 Å². The Morgan fingerprint density at radius 2 is 2.26 bits per heavy atom. The van der Waals surface area contributed by atoms with Crippen molar-refractivity contribution in [2.75, 3.05) is 25.5 Å². The fourth-order valence-electron chi connectivity index (χ4n) is 3.40. The van der Waals surface area contributed by atoms with Crippen LogP contribution in [0.15, 0.2) is 18.2 Å². The molecule has 0 aromatic heterocycles. The van der Waals surface area contributed by atoms with E-state index < -0.39 is 0 Å². The van der Waals surface area contributed by atoms with Gasteiger partial charge in [0.05, 0.1) is 0 Å². The summed E-state index contributed by atoms with van der Waals surface area (Å²) < 4.78 is 0. The van der Waals surface area contributed by atoms with Crippen molar-refractivity contribution in [3.63, 3.8) is 0 Å². The number of amides is 1. The van der Waals surface area contributed by atoms with Gasteiger partial charge in [0.25, 0.3) is 0 Å². The highest BCUT2D eigenvalue weighted by molar-refractivity contribution is 5.94. The molecular weight excluding hydrogens is 238 g/mol. The number of fused-ring (bicyclic) bond motifs is 1. The largest absolute Gasteiger partial charge is 0.330 e. The molecule has 0 saturated carbocycles. The summed E-state index contributed by atoms with van der Waals surface area (Å²) in [5, 5.41) is 2.98. The first-order valence-electron chi connectivity index (χ1n) is 7.01. The maximum Gasteiger partial charge on any atom is 0.224 e. The Bertz CT molecular complexity index is 500. The third-order valence-electron chi connectivity index (χ3n) is 4.42. The van der Waals surface area contributed by atoms with E-state index in [9.17, 15) is 4.79 Å². The molecular formula is C15H21N3O. The molecule has 3 N–H and O–H groups in total. The molecule has 2 atom stereocenters. The number of carbonyl (C=O) groups is 1. The van der Waals surface area contributed by atoms with Crippen LogP contribution in [0, 0.1) is 5.92 Å². The average Bonchev–Trinajstić information content (AvgIpc) is 2.79. The van der Waals surface area contributed by atoms with Crippen molar-refractivity contribution in [3.05, 3.63) is 29.3 Å². The molecule has 0 aliphatic carbocycles. The highest BCUT2D eigenvalue weighted by atomic mass is 16.1. The topological polar surface area (TPSA) is 58.4 Å². The Morgan fingerprint density at radius 1 is 1.42 bits per heavy atom. The summed E-state index contributed by atoms with van der Waals surface area (Å²) in [5.41, 5.74) is 9.49. The molecule has 19 heavy (non-hydrogen) atoms. The van der Waals surface area contributed by atoms with Gasteiger partial charge in [0.1, 0.15) is 0 Å². The standard InChI is InChI=1S/C15H21N3O/c1-18-9-10(8-16)7-14(18)12-3-2-4-13-11(12)5-6-15(19)17-13/h2-4,10,14H,5-9,16H2,1H3,(H,17,19). The lowest BCUT2D eigenvalue weighted by Crippen LogP contribution is -2.24. The zero-order chi connectivity index (χ0) is 13.4. The first kappa shape index (κ1) is 12.6. The zero-order valence-corrected chi connectivity index (χ0v) is 11.4. The first-order valence-corrected chi connectivity index (χ1v) is 7.01. The summed E-state index contributed by atoms with van der Waals surface area (Å²) in [5.74, 6) is 0.716. The molecule has 2 aliphatic heterocycles. The minimum atomic E-state index is 0.129. The van der Waals surface area contributed by atoms with E-state index in [2.05, 4.69) is 23.3 Å². The van der Waals surface area contributed by atoms with Gasteiger partial charge in [-0.1, -0.05) is 12.1 Å². The van der Waals surface area contributed by atoms with Crippen LogP contribution in [-0.2, 0) is 11.2 Å². The summed E-state index contributed by atoms with van der Waals surface area (Å²) in [4.78, 5) is 13.9. The van der Waals surface area contributed by atoms with E-state index in [1.54, 1.807) is 0 Å². The predicted octanol–water partition coefficient (Wildman–Crippen LogP) is 1.52. The molecule has 2 unspecified atom stereocenters. The SMILES string of the molecule is CN1CC(CN)CC1c1cccc2c1CCC(=O)N2. The number of nitrogens with zero attached hydrogens (tertiary/aromatic N) is 1. The normalized spacial score (nSPS) is 27.2. The summed E-state index contributed by atoms with van der Waals surface area (Å²) in [7, 11) is 2.17. The number of rotatable bonds is 2. The van der Waals surface area contributed by atoms with E-state index in [1.165, 1.54) is 11.1 Å². The van der Waals surface area contributed by atoms with Gasteiger partial charge in [0.15, 0.2) is 0 Å². The Labute approximate surface area is 114 Å². The average molecular weight is 259 g/mol. The number of hydrogen-bond acceptors (Lipinski definition) is 3. The minimum absolute atomic E-state index is 0.129. The fourth-order valence-corrected chi connectivity index (χ4v) is 3.40. The van der Waals surface area contributed by atoms with Gasteiger partial charge in [0.2, 0.25) is 5.91 Å². The molecule has 4 heteroatoms. The molecule has 102 valence electrons. The molecule has 2 heterocycles. The van der Waals surface area contributed by atoms with Crippen molar-refractivity contribution < 1.29 is 4.79 Å². The second-order valence-corrected chi connectivity index (χ2v) is 5.71. The van der Waals surface area contributed by atoms with Crippen LogP contribution in [0.4, 0.5) is 5.69 Å². The van der Waals surface area contributed by atoms with Gasteiger partial charge >= 0.3 is 0 Å². The third kappa shape index (κ3) is 2.26. The summed E-state index contributed by atoms with van der Waals surface area (Å²) in [6.07, 6.45) is 2.58. The smallest absolute Gasteiger partial charge is 0.224 e. The van der Waals surface area contributed by atoms with Crippen molar-refractivity contribution in [3.8, 4) is 0 Å². The maximum atomic E-state index is 11.5. The molecule has 1 amide bonds. The molecule has 4 nitrogen and oxygen atoms in total. The van der Waals surface area contributed by atoms with Gasteiger partial charge in [-0.2, -0.15) is 0 Å². The van der Waals surface area contributed by atoms with Crippen LogP contribution in [0.1, 0.15) is 30.0 Å². The third-order valence-corrected chi connectivity index (χ3v) is 4.42. The number of anilines is 1. The Morgan fingerprint density at radius 3 is 3.00 bits per heavy atom. The van der Waals surface area contributed by atoms with Gasteiger partial charge < -0.3 is 11.1 Å². The lowest BCUT2D eigenvalue weighted by molar-refractivity contribution is -0.116. The number of nitrogens with two attached hydrogens (primary N) is 1. The highest BCUT2D eigenvalue weighted by Crippen LogP contribution is 2.38. The van der Waals surface area contributed by atoms with Crippen LogP contribution in [0.25, 0.3) is 0 Å². The Hall–Kier alpha value is -1.39. The van der Waals surface area contributed by atoms with Crippen molar-refractivity contribution >= 4 is 11.6 Å². The molecule has 2 aliphatic rings. The van der Waals surface area contributed by atoms with E-state index in [0.717, 1.165) is 31.6 Å². The summed E-state index contributed by atoms with van der Waals surface area (Å²) in [6.45, 7) is 1.82. The summed E-state index contributed by atoms with van der Waals surface area (Å²) >= 11 is 0.